The minimum Gasteiger partial charge on any atom is -0.381 e. The molecule has 1 aliphatic heterocycles. The lowest BCUT2D eigenvalue weighted by Crippen LogP contribution is -2.29. The van der Waals surface area contributed by atoms with Crippen LogP contribution in [-0.2, 0) is 11.8 Å². The summed E-state index contributed by atoms with van der Waals surface area (Å²) < 4.78 is 10.7. The van der Waals surface area contributed by atoms with Gasteiger partial charge in [-0.05, 0) is 67.0 Å². The summed E-state index contributed by atoms with van der Waals surface area (Å²) in [5.41, 5.74) is 9.43. The van der Waals surface area contributed by atoms with Crippen molar-refractivity contribution in [3.8, 4) is 0 Å². The molecule has 1 saturated heterocycles. The first kappa shape index (κ1) is 18.4. The third-order valence-electron chi connectivity index (χ3n) is 7.85. The Morgan fingerprint density at radius 3 is 2.72 bits per heavy atom. The van der Waals surface area contributed by atoms with Crippen LogP contribution in [0.5, 0.6) is 0 Å². The third kappa shape index (κ3) is 2.27. The number of hydrogen-bond acceptors (Lipinski definition) is 1. The summed E-state index contributed by atoms with van der Waals surface area (Å²) in [5, 5.41) is 6.73. The summed E-state index contributed by atoms with van der Waals surface area (Å²) in [4.78, 5) is 0. The molecule has 32 heavy (non-hydrogen) atoms. The maximum atomic E-state index is 5.82. The van der Waals surface area contributed by atoms with Crippen LogP contribution in [0.15, 0.2) is 54.7 Å². The molecule has 7 rings (SSSR count). The maximum Gasteiger partial charge on any atom is 0.224 e. The van der Waals surface area contributed by atoms with E-state index < -0.39 is 0 Å². The zero-order valence-electron chi connectivity index (χ0n) is 18.9. The Morgan fingerprint density at radius 2 is 1.88 bits per heavy atom. The summed E-state index contributed by atoms with van der Waals surface area (Å²) in [5.74, 6) is 0.492. The van der Waals surface area contributed by atoms with Gasteiger partial charge in [0.2, 0.25) is 5.52 Å². The van der Waals surface area contributed by atoms with Gasteiger partial charge in [0.05, 0.1) is 33.9 Å². The van der Waals surface area contributed by atoms with Gasteiger partial charge in [0, 0.05) is 29.4 Å². The van der Waals surface area contributed by atoms with E-state index in [1.54, 1.807) is 0 Å². The van der Waals surface area contributed by atoms with Crippen LogP contribution in [0.1, 0.15) is 35.4 Å². The Labute approximate surface area is 187 Å². The minimum atomic E-state index is 0.492. The van der Waals surface area contributed by atoms with E-state index in [0.717, 1.165) is 19.6 Å². The van der Waals surface area contributed by atoms with Crippen molar-refractivity contribution in [2.75, 3.05) is 13.2 Å². The lowest BCUT2D eigenvalue weighted by atomic mass is 9.92. The molecule has 3 aromatic carbocycles. The SMILES string of the molecule is Cc1cc2c3ccc(C4CCCOC4)cc3n3c4cccc5cc[n+](C)c(c(c1C)c23)c54. The number of pyridine rings is 2. The van der Waals surface area contributed by atoms with Gasteiger partial charge in [0.25, 0.3) is 0 Å². The highest BCUT2D eigenvalue weighted by atomic mass is 16.5. The number of benzene rings is 3. The van der Waals surface area contributed by atoms with Crippen LogP contribution in [0.25, 0.3) is 49.0 Å². The number of aromatic nitrogens is 2. The van der Waals surface area contributed by atoms with E-state index >= 15 is 0 Å². The van der Waals surface area contributed by atoms with E-state index in [9.17, 15) is 0 Å². The summed E-state index contributed by atoms with van der Waals surface area (Å²) in [7, 11) is 2.18. The first-order chi connectivity index (χ1) is 15.6. The molecule has 0 N–H and O–H groups in total. The molecule has 1 fully saturated rings. The quantitative estimate of drug-likeness (QED) is 0.173. The fourth-order valence-corrected chi connectivity index (χ4v) is 6.10. The molecular formula is C29H27N2O+. The Balaban J connectivity index is 1.75. The number of hydrogen-bond donors (Lipinski definition) is 0. The Kier molecular flexibility index (Phi) is 3.70. The van der Waals surface area contributed by atoms with Gasteiger partial charge < -0.3 is 9.14 Å². The maximum absolute atomic E-state index is 5.82. The number of rotatable bonds is 1. The van der Waals surface area contributed by atoms with E-state index in [0.29, 0.717) is 5.92 Å². The van der Waals surface area contributed by atoms with Gasteiger partial charge in [-0.15, -0.1) is 0 Å². The van der Waals surface area contributed by atoms with Crippen LogP contribution in [-0.4, -0.2) is 17.6 Å². The van der Waals surface area contributed by atoms with E-state index in [1.165, 1.54) is 72.1 Å². The Bertz CT molecular complexity index is 1690. The second kappa shape index (κ2) is 6.43. The number of ether oxygens (including phenoxy) is 1. The molecule has 0 spiro atoms. The smallest absolute Gasteiger partial charge is 0.224 e. The molecule has 158 valence electrons. The molecule has 3 heteroatoms. The fourth-order valence-electron chi connectivity index (χ4n) is 6.10. The normalized spacial score (nSPS) is 17.5. The highest BCUT2D eigenvalue weighted by Gasteiger charge is 2.25. The molecule has 4 heterocycles. The van der Waals surface area contributed by atoms with Crippen molar-refractivity contribution in [2.24, 2.45) is 7.05 Å². The van der Waals surface area contributed by atoms with Gasteiger partial charge in [0.15, 0.2) is 6.20 Å². The van der Waals surface area contributed by atoms with Gasteiger partial charge in [0.1, 0.15) is 7.05 Å². The first-order valence-corrected chi connectivity index (χ1v) is 11.7. The van der Waals surface area contributed by atoms with Gasteiger partial charge >= 0.3 is 0 Å². The predicted octanol–water partition coefficient (Wildman–Crippen LogP) is 6.33. The van der Waals surface area contributed by atoms with Gasteiger partial charge in [-0.3, -0.25) is 0 Å². The summed E-state index contributed by atoms with van der Waals surface area (Å²) in [6, 6.07) is 18.5. The third-order valence-corrected chi connectivity index (χ3v) is 7.85. The molecular weight excluding hydrogens is 392 g/mol. The van der Waals surface area contributed by atoms with E-state index in [4.69, 9.17) is 4.74 Å². The average Bonchev–Trinajstić information content (AvgIpc) is 3.14. The van der Waals surface area contributed by atoms with Crippen LogP contribution in [0.3, 0.4) is 0 Å². The molecule has 0 bridgehead atoms. The largest absolute Gasteiger partial charge is 0.381 e. The number of aryl methyl sites for hydroxylation is 3. The van der Waals surface area contributed by atoms with Crippen LogP contribution >= 0.6 is 0 Å². The van der Waals surface area contributed by atoms with E-state index in [-0.39, 0.29) is 0 Å². The molecule has 3 aromatic heterocycles. The minimum absolute atomic E-state index is 0.492. The highest BCUT2D eigenvalue weighted by molar-refractivity contribution is 6.26. The Hall–Kier alpha value is -3.17. The highest BCUT2D eigenvalue weighted by Crippen LogP contribution is 2.42. The summed E-state index contributed by atoms with van der Waals surface area (Å²) in [6.07, 6.45) is 4.56. The second-order valence-electron chi connectivity index (χ2n) is 9.63. The molecule has 6 aromatic rings. The zero-order chi connectivity index (χ0) is 21.6. The zero-order valence-corrected chi connectivity index (χ0v) is 18.9. The lowest BCUT2D eigenvalue weighted by Gasteiger charge is -2.22. The van der Waals surface area contributed by atoms with Crippen molar-refractivity contribution in [3.63, 3.8) is 0 Å². The van der Waals surface area contributed by atoms with Crippen LogP contribution in [0.2, 0.25) is 0 Å². The molecule has 1 aliphatic rings. The summed E-state index contributed by atoms with van der Waals surface area (Å²) >= 11 is 0. The van der Waals surface area contributed by atoms with Crippen molar-refractivity contribution in [2.45, 2.75) is 32.6 Å². The molecule has 1 atom stereocenters. The van der Waals surface area contributed by atoms with Crippen LogP contribution in [0.4, 0.5) is 0 Å². The van der Waals surface area contributed by atoms with Crippen molar-refractivity contribution < 1.29 is 9.30 Å². The predicted molar refractivity (Wildman–Crippen MR) is 132 cm³/mol. The lowest BCUT2D eigenvalue weighted by molar-refractivity contribution is -0.643. The molecule has 1 unspecified atom stereocenters. The van der Waals surface area contributed by atoms with Gasteiger partial charge in [-0.1, -0.05) is 24.3 Å². The fraction of sp³-hybridized carbons (Fsp3) is 0.276. The summed E-state index contributed by atoms with van der Waals surface area (Å²) in [6.45, 7) is 6.27. The first-order valence-electron chi connectivity index (χ1n) is 11.7. The van der Waals surface area contributed by atoms with E-state index in [2.05, 4.69) is 84.6 Å². The Morgan fingerprint density at radius 1 is 0.969 bits per heavy atom. The number of nitrogens with zero attached hydrogens (tertiary/aromatic N) is 2. The van der Waals surface area contributed by atoms with Crippen molar-refractivity contribution >= 4 is 49.0 Å². The topological polar surface area (TPSA) is 17.5 Å². The number of fused-ring (bicyclic) bond motifs is 5. The van der Waals surface area contributed by atoms with Gasteiger partial charge in [-0.25, -0.2) is 4.57 Å². The standard InChI is InChI=1S/C29H27N2O/c1-17-14-23-22-10-9-20(21-7-5-13-32-16-21)15-25(22)31-24-8-4-6-19-11-12-30(3)29(27(19)24)26(18(17)2)28(23)31/h4,6,8-12,14-15,21H,5,7,13,16H2,1-3H3/q+1. The molecule has 3 nitrogen and oxygen atoms in total. The van der Waals surface area contributed by atoms with Crippen LogP contribution in [0, 0.1) is 13.8 Å². The monoisotopic (exact) mass is 419 g/mol. The van der Waals surface area contributed by atoms with Crippen molar-refractivity contribution in [1.29, 1.82) is 0 Å². The molecule has 0 amide bonds. The molecule has 0 aliphatic carbocycles. The van der Waals surface area contributed by atoms with Crippen LogP contribution < -0.4 is 4.57 Å². The van der Waals surface area contributed by atoms with Crippen molar-refractivity contribution in [3.05, 3.63) is 71.4 Å². The van der Waals surface area contributed by atoms with Crippen molar-refractivity contribution in [1.82, 2.24) is 4.40 Å². The van der Waals surface area contributed by atoms with E-state index in [1.807, 2.05) is 0 Å². The average molecular weight is 420 g/mol. The van der Waals surface area contributed by atoms with Gasteiger partial charge in [-0.2, -0.15) is 0 Å². The molecule has 0 saturated carbocycles. The second-order valence-corrected chi connectivity index (χ2v) is 9.63. The molecule has 0 radical (unpaired) electrons.